The molecule has 0 aliphatic carbocycles. The van der Waals surface area contributed by atoms with E-state index in [4.69, 9.17) is 32.3 Å². The van der Waals surface area contributed by atoms with E-state index in [9.17, 15) is 73.2 Å². The quantitative estimate of drug-likeness (QED) is 0.0132. The number of aliphatic imine (C=N–C) groups is 1. The molecule has 72 heavy (non-hydrogen) atoms. The van der Waals surface area contributed by atoms with Crippen LogP contribution in [0.5, 0.6) is 0 Å². The smallest absolute Gasteiger partial charge is 0.303 e. The number of nitrogens with zero attached hydrogens (tertiary/aromatic N) is 2. The molecular weight excluding hydrogens is 955 g/mol. The summed E-state index contributed by atoms with van der Waals surface area (Å²) in [5.74, 6) is -2.97. The number of nitrogens with two attached hydrogens (primary N) is 3. The van der Waals surface area contributed by atoms with E-state index in [1.54, 1.807) is 13.8 Å². The Hall–Kier alpha value is -5.48. The number of ether oxygens (including phenoxy) is 1. The third kappa shape index (κ3) is 24.3. The zero-order valence-corrected chi connectivity index (χ0v) is 41.2. The second-order valence-electron chi connectivity index (χ2n) is 18.1. The number of carbonyl (C=O) groups excluding carboxylic acids is 10. The van der Waals surface area contributed by atoms with E-state index in [1.807, 2.05) is 0 Å². The normalized spacial score (nSPS) is 20.7. The number of aliphatic hydroxyl groups is 5. The van der Waals surface area contributed by atoms with Gasteiger partial charge in [0.15, 0.2) is 23.8 Å². The first-order valence-corrected chi connectivity index (χ1v) is 23.9. The summed E-state index contributed by atoms with van der Waals surface area (Å²) in [4.78, 5) is 146. The Morgan fingerprint density at radius 3 is 1.90 bits per heavy atom. The molecule has 14 N–H and O–H groups in total. The Morgan fingerprint density at radius 2 is 1.35 bits per heavy atom. The summed E-state index contributed by atoms with van der Waals surface area (Å²) >= 11 is 0. The summed E-state index contributed by atoms with van der Waals surface area (Å²) in [5.41, 5.74) is 10.8. The van der Waals surface area contributed by atoms with E-state index >= 15 is 0 Å². The number of carboxylic acids is 1. The molecule has 9 atom stereocenters. The molecule has 26 nitrogen and oxygen atoms in total. The van der Waals surface area contributed by atoms with E-state index in [0.717, 1.165) is 0 Å². The zero-order chi connectivity index (χ0) is 54.7. The Balaban J connectivity index is 0.00000146. The highest BCUT2D eigenvalue weighted by atomic mass is 16.6. The average molecular weight is 1030 g/mol. The van der Waals surface area contributed by atoms with Gasteiger partial charge < -0.3 is 62.4 Å². The Morgan fingerprint density at radius 1 is 0.764 bits per heavy atom. The lowest BCUT2D eigenvalue weighted by Crippen LogP contribution is -2.63. The van der Waals surface area contributed by atoms with Gasteiger partial charge in [-0.25, -0.2) is 5.90 Å². The van der Waals surface area contributed by atoms with Crippen LogP contribution in [0.2, 0.25) is 0 Å². The molecule has 0 aromatic rings. The number of likely N-dealkylation sites (tertiary alicyclic amines) is 1. The standard InChI is InChI=1S/C38H60N6O13.C8H15NO6/c1-23(2)29(32(50)14-16-36(54)55)20-34(52)24(21-45)19-27(48)9-7-25(46)11-13-33(51)30(5-3-17-42-38(39)40)43-37(56)31-6-4-18-44(31)35(53)15-12-26(47)8-10-28(49)22-57-41;1-3(11)9-5-7(13)6(12)4(2-10)15-8(5)14/h23-24,29-31,45H,3-22,41H2,1-2H3,(H,43,56)(H,54,55)(H4,39,40,42);4-8,10,12-14H,2H2,1H3,(H,9,11). The first-order valence-electron chi connectivity index (χ1n) is 23.9. The first kappa shape index (κ1) is 64.5. The van der Waals surface area contributed by atoms with Gasteiger partial charge in [0, 0.05) is 102 Å². The van der Waals surface area contributed by atoms with Crippen LogP contribution < -0.4 is 28.0 Å². The largest absolute Gasteiger partial charge is 0.481 e. The molecule has 0 radical (unpaired) electrons. The second kappa shape index (κ2) is 34.0. The number of hydrogen-bond acceptors (Lipinski definition) is 20. The molecular formula is C46H75N7O19. The fourth-order valence-corrected chi connectivity index (χ4v) is 7.89. The summed E-state index contributed by atoms with van der Waals surface area (Å²) in [6, 6.07) is -3.03. The fraction of sp³-hybridized carbons (Fsp3) is 0.739. The van der Waals surface area contributed by atoms with Crippen molar-refractivity contribution in [2.24, 2.45) is 40.1 Å². The number of aliphatic hydroxyl groups excluding tert-OH is 5. The van der Waals surface area contributed by atoms with Crippen molar-refractivity contribution in [3.05, 3.63) is 0 Å². The molecule has 0 spiro atoms. The van der Waals surface area contributed by atoms with Gasteiger partial charge >= 0.3 is 5.97 Å². The summed E-state index contributed by atoms with van der Waals surface area (Å²) in [6.45, 7) is 3.57. The van der Waals surface area contributed by atoms with E-state index in [1.165, 1.54) is 11.8 Å². The van der Waals surface area contributed by atoms with Crippen LogP contribution in [-0.2, 0) is 62.3 Å². The highest BCUT2D eigenvalue weighted by Gasteiger charge is 2.44. The van der Waals surface area contributed by atoms with Crippen LogP contribution in [0.15, 0.2) is 4.99 Å². The summed E-state index contributed by atoms with van der Waals surface area (Å²) in [5, 5.41) is 60.8. The number of aliphatic carboxylic acids is 1. The van der Waals surface area contributed by atoms with Crippen LogP contribution in [0.1, 0.15) is 124 Å². The summed E-state index contributed by atoms with van der Waals surface area (Å²) in [6.07, 6.45) is -6.63. The first-order chi connectivity index (χ1) is 33.9. The highest BCUT2D eigenvalue weighted by Crippen LogP contribution is 2.24. The number of rotatable bonds is 34. The molecule has 2 rings (SSSR count). The fourth-order valence-electron chi connectivity index (χ4n) is 7.89. The molecule has 408 valence electrons. The van der Waals surface area contributed by atoms with Gasteiger partial charge in [0.05, 0.1) is 25.7 Å². The predicted molar refractivity (Wildman–Crippen MR) is 251 cm³/mol. The van der Waals surface area contributed by atoms with Gasteiger partial charge in [-0.3, -0.25) is 62.6 Å². The second-order valence-corrected chi connectivity index (χ2v) is 18.1. The van der Waals surface area contributed by atoms with Crippen molar-refractivity contribution in [1.29, 1.82) is 0 Å². The maximum absolute atomic E-state index is 13.4. The lowest BCUT2D eigenvalue weighted by atomic mass is 9.82. The van der Waals surface area contributed by atoms with Gasteiger partial charge in [-0.15, -0.1) is 0 Å². The molecule has 26 heteroatoms. The Kier molecular flexibility index (Phi) is 30.5. The number of Topliss-reactive ketones (excluding diaryl/α,β-unsaturated/α-hetero) is 7. The molecule has 0 aromatic heterocycles. The molecule has 0 saturated carbocycles. The number of carboxylic acid groups (broad SMARTS) is 1. The van der Waals surface area contributed by atoms with Gasteiger partial charge in [-0.2, -0.15) is 0 Å². The molecule has 2 heterocycles. The van der Waals surface area contributed by atoms with Gasteiger partial charge in [-0.1, -0.05) is 13.8 Å². The molecule has 2 fully saturated rings. The predicted octanol–water partition coefficient (Wildman–Crippen LogP) is -3.04. The average Bonchev–Trinajstić information content (AvgIpc) is 3.83. The molecule has 0 bridgehead atoms. The highest BCUT2D eigenvalue weighted by molar-refractivity contribution is 5.96. The third-order valence-corrected chi connectivity index (χ3v) is 12.0. The van der Waals surface area contributed by atoms with E-state index in [0.29, 0.717) is 19.3 Å². The number of hydrogen-bond donors (Lipinski definition) is 11. The molecule has 2 aliphatic heterocycles. The number of carbonyl (C=O) groups is 11. The molecule has 0 aromatic carbocycles. The molecule has 2 saturated heterocycles. The van der Waals surface area contributed by atoms with Crippen LogP contribution >= 0.6 is 0 Å². The maximum atomic E-state index is 13.4. The van der Waals surface area contributed by atoms with Crippen molar-refractivity contribution in [3.63, 3.8) is 0 Å². The lowest BCUT2D eigenvalue weighted by Gasteiger charge is -2.40. The van der Waals surface area contributed by atoms with E-state index < -0.39 is 120 Å². The number of guanidine groups is 1. The molecule has 9 unspecified atom stereocenters. The van der Waals surface area contributed by atoms with Crippen molar-refractivity contribution in [3.8, 4) is 0 Å². The number of ketones is 7. The van der Waals surface area contributed by atoms with E-state index in [2.05, 4.69) is 20.5 Å². The van der Waals surface area contributed by atoms with Gasteiger partial charge in [0.1, 0.15) is 65.9 Å². The van der Waals surface area contributed by atoms with Crippen molar-refractivity contribution in [2.45, 2.75) is 166 Å². The maximum Gasteiger partial charge on any atom is 0.303 e. The minimum absolute atomic E-state index is 0.0702. The minimum atomic E-state index is -1.45. The topological polar surface area (TPSA) is 445 Å². The third-order valence-electron chi connectivity index (χ3n) is 12.0. The van der Waals surface area contributed by atoms with Crippen molar-refractivity contribution >= 4 is 70.1 Å². The number of nitrogens with one attached hydrogen (secondary N) is 2. The molecule has 3 amide bonds. The number of amides is 3. The zero-order valence-electron chi connectivity index (χ0n) is 41.2. The van der Waals surface area contributed by atoms with Crippen molar-refractivity contribution in [2.75, 3.05) is 32.9 Å². The van der Waals surface area contributed by atoms with Gasteiger partial charge in [0.25, 0.3) is 0 Å². The van der Waals surface area contributed by atoms with Crippen LogP contribution in [0.4, 0.5) is 0 Å². The Bertz CT molecular complexity index is 1890. The lowest BCUT2D eigenvalue weighted by molar-refractivity contribution is -0.253. The Labute approximate surface area is 417 Å². The van der Waals surface area contributed by atoms with E-state index in [-0.39, 0.29) is 127 Å². The summed E-state index contributed by atoms with van der Waals surface area (Å²) < 4.78 is 4.81. The van der Waals surface area contributed by atoms with Crippen LogP contribution in [0.25, 0.3) is 0 Å². The van der Waals surface area contributed by atoms with Crippen molar-refractivity contribution in [1.82, 2.24) is 15.5 Å². The van der Waals surface area contributed by atoms with Gasteiger partial charge in [-0.05, 0) is 31.6 Å². The monoisotopic (exact) mass is 1030 g/mol. The van der Waals surface area contributed by atoms with Crippen LogP contribution in [0.3, 0.4) is 0 Å². The molecule has 2 aliphatic rings. The van der Waals surface area contributed by atoms with Crippen LogP contribution in [-0.4, -0.2) is 181 Å². The van der Waals surface area contributed by atoms with Crippen LogP contribution in [0, 0.1) is 17.8 Å². The minimum Gasteiger partial charge on any atom is -0.481 e. The van der Waals surface area contributed by atoms with Gasteiger partial charge in [0.2, 0.25) is 17.7 Å². The SMILES string of the molecule is CC(=O)NC1C(O)OC(CO)C(O)C1O.CC(C)C(CC(=O)C(CO)CC(=O)CCC(=O)CCC(=O)C(CCCN=C(N)N)NC(=O)C1CCCN1C(=O)CCC(=O)CCC(=O)CON)C(=O)CCC(=O)O. The summed E-state index contributed by atoms with van der Waals surface area (Å²) in [7, 11) is 0. The van der Waals surface area contributed by atoms with Crippen molar-refractivity contribution < 1.29 is 93.0 Å².